The molecule has 0 unspecified atom stereocenters. The van der Waals surface area contributed by atoms with E-state index in [2.05, 4.69) is 0 Å². The average molecular weight is 194 g/mol. The van der Waals surface area contributed by atoms with Crippen molar-refractivity contribution in [1.82, 2.24) is 0 Å². The summed E-state index contributed by atoms with van der Waals surface area (Å²) >= 11 is 22.3. The standard InChI is InChI=1S/C4H4Cl4/c5-2-3(6)1-4(3,7)8/h1-2H2/t3-/m1/s1. The van der Waals surface area contributed by atoms with E-state index in [0.29, 0.717) is 12.3 Å². The maximum absolute atomic E-state index is 5.72. The Bertz CT molecular complexity index is 111. The molecule has 0 spiro atoms. The SMILES string of the molecule is ClC[C@]1(Cl)CC1(Cl)Cl. The van der Waals surface area contributed by atoms with Crippen LogP contribution in [0.4, 0.5) is 0 Å². The van der Waals surface area contributed by atoms with Gasteiger partial charge < -0.3 is 0 Å². The molecule has 1 fully saturated rings. The smallest absolute Gasteiger partial charge is 0.125 e. The molecule has 0 aromatic carbocycles. The lowest BCUT2D eigenvalue weighted by molar-refractivity contribution is 1.02. The van der Waals surface area contributed by atoms with Crippen molar-refractivity contribution in [2.75, 3.05) is 5.88 Å². The molecular weight excluding hydrogens is 190 g/mol. The molecule has 0 saturated heterocycles. The highest BCUT2D eigenvalue weighted by Gasteiger charge is 2.65. The minimum atomic E-state index is -0.768. The van der Waals surface area contributed by atoms with E-state index in [-0.39, 0.29) is 0 Å². The van der Waals surface area contributed by atoms with Gasteiger partial charge in [-0.05, 0) is 0 Å². The second kappa shape index (κ2) is 1.82. The molecule has 0 nitrogen and oxygen atoms in total. The van der Waals surface area contributed by atoms with Gasteiger partial charge in [-0.15, -0.1) is 23.2 Å². The zero-order chi connectivity index (χ0) is 6.41. The third-order valence-corrected chi connectivity index (χ3v) is 3.61. The number of hydrogen-bond acceptors (Lipinski definition) is 0. The molecule has 1 saturated carbocycles. The molecule has 0 radical (unpaired) electrons. The molecule has 0 aliphatic heterocycles. The summed E-state index contributed by atoms with van der Waals surface area (Å²) in [4.78, 5) is -0.544. The van der Waals surface area contributed by atoms with Crippen LogP contribution >= 0.6 is 46.4 Å². The molecule has 48 valence electrons. The van der Waals surface area contributed by atoms with E-state index < -0.39 is 9.21 Å². The Morgan fingerprint density at radius 3 is 1.62 bits per heavy atom. The van der Waals surface area contributed by atoms with Gasteiger partial charge in [-0.2, -0.15) is 0 Å². The Balaban J connectivity index is 2.55. The van der Waals surface area contributed by atoms with Crippen molar-refractivity contribution in [1.29, 1.82) is 0 Å². The van der Waals surface area contributed by atoms with Gasteiger partial charge in [0.2, 0.25) is 0 Å². The highest BCUT2D eigenvalue weighted by Crippen LogP contribution is 2.61. The van der Waals surface area contributed by atoms with Gasteiger partial charge in [0.05, 0.1) is 4.87 Å². The molecule has 1 aliphatic carbocycles. The van der Waals surface area contributed by atoms with Gasteiger partial charge in [0.1, 0.15) is 4.33 Å². The van der Waals surface area contributed by atoms with Crippen molar-refractivity contribution in [3.05, 3.63) is 0 Å². The number of hydrogen-bond donors (Lipinski definition) is 0. The third-order valence-electron chi connectivity index (χ3n) is 1.24. The Hall–Kier alpha value is 1.16. The summed E-state index contributed by atoms with van der Waals surface area (Å²) < 4.78 is -0.768. The summed E-state index contributed by atoms with van der Waals surface area (Å²) in [6.45, 7) is 0. The van der Waals surface area contributed by atoms with Crippen LogP contribution in [0.25, 0.3) is 0 Å². The van der Waals surface area contributed by atoms with Crippen molar-refractivity contribution in [3.8, 4) is 0 Å². The predicted octanol–water partition coefficient (Wildman–Crippen LogP) is 2.78. The summed E-state index contributed by atoms with van der Waals surface area (Å²) in [7, 11) is 0. The quantitative estimate of drug-likeness (QED) is 0.562. The summed E-state index contributed by atoms with van der Waals surface area (Å²) in [5.74, 6) is 0.321. The largest absolute Gasteiger partial charge is 0.140 e. The lowest BCUT2D eigenvalue weighted by Gasteiger charge is -2.01. The third kappa shape index (κ3) is 0.923. The van der Waals surface area contributed by atoms with Gasteiger partial charge in [-0.3, -0.25) is 0 Å². The highest BCUT2D eigenvalue weighted by atomic mass is 35.5. The van der Waals surface area contributed by atoms with E-state index >= 15 is 0 Å². The van der Waals surface area contributed by atoms with E-state index in [1.807, 2.05) is 0 Å². The summed E-state index contributed by atoms with van der Waals surface area (Å²) in [6.07, 6.45) is 0.591. The van der Waals surface area contributed by atoms with E-state index in [1.165, 1.54) is 0 Å². The van der Waals surface area contributed by atoms with Crippen LogP contribution in [-0.2, 0) is 0 Å². The topological polar surface area (TPSA) is 0 Å². The fourth-order valence-corrected chi connectivity index (χ4v) is 1.84. The van der Waals surface area contributed by atoms with Crippen molar-refractivity contribution >= 4 is 46.4 Å². The second-order valence-corrected chi connectivity index (χ2v) is 4.45. The Kier molecular flexibility index (Phi) is 1.65. The second-order valence-electron chi connectivity index (χ2n) is 1.98. The van der Waals surface area contributed by atoms with Gasteiger partial charge >= 0.3 is 0 Å². The molecule has 1 rings (SSSR count). The lowest BCUT2D eigenvalue weighted by Crippen LogP contribution is -2.09. The first-order valence-corrected chi connectivity index (χ1v) is 3.81. The fraction of sp³-hybridized carbons (Fsp3) is 1.00. The summed E-state index contributed by atoms with van der Waals surface area (Å²) in [6, 6.07) is 0. The maximum Gasteiger partial charge on any atom is 0.140 e. The average Bonchev–Trinajstić information content (AvgIpc) is 2.10. The normalized spacial score (nSPS) is 42.0. The molecule has 0 bridgehead atoms. The van der Waals surface area contributed by atoms with E-state index in [0.717, 1.165) is 0 Å². The van der Waals surface area contributed by atoms with Crippen molar-refractivity contribution in [3.63, 3.8) is 0 Å². The Morgan fingerprint density at radius 1 is 1.25 bits per heavy atom. The first-order chi connectivity index (χ1) is 3.52. The number of halogens is 4. The zero-order valence-corrected chi connectivity index (χ0v) is 6.95. The van der Waals surface area contributed by atoms with Crippen LogP contribution in [0.2, 0.25) is 0 Å². The molecule has 0 heterocycles. The van der Waals surface area contributed by atoms with Gasteiger partial charge in [0.25, 0.3) is 0 Å². The van der Waals surface area contributed by atoms with Crippen LogP contribution in [-0.4, -0.2) is 15.1 Å². The van der Waals surface area contributed by atoms with E-state index in [1.54, 1.807) is 0 Å². The van der Waals surface area contributed by atoms with Gasteiger partial charge in [-0.1, -0.05) is 23.2 Å². The zero-order valence-electron chi connectivity index (χ0n) is 3.93. The molecule has 0 N–H and O–H groups in total. The minimum absolute atomic E-state index is 0.321. The lowest BCUT2D eigenvalue weighted by atomic mass is 10.5. The summed E-state index contributed by atoms with van der Waals surface area (Å²) in [5.41, 5.74) is 0. The Labute approximate surface area is 68.0 Å². The summed E-state index contributed by atoms with van der Waals surface area (Å²) in [5, 5.41) is 0. The first-order valence-electron chi connectivity index (χ1n) is 2.14. The molecule has 0 aromatic rings. The van der Waals surface area contributed by atoms with Crippen molar-refractivity contribution < 1.29 is 0 Å². The molecule has 8 heavy (non-hydrogen) atoms. The minimum Gasteiger partial charge on any atom is -0.125 e. The van der Waals surface area contributed by atoms with Gasteiger partial charge in [0, 0.05) is 12.3 Å². The van der Waals surface area contributed by atoms with E-state index in [4.69, 9.17) is 46.4 Å². The molecule has 4 heteroatoms. The molecular formula is C4H4Cl4. The number of rotatable bonds is 1. The van der Waals surface area contributed by atoms with Crippen LogP contribution in [0.5, 0.6) is 0 Å². The van der Waals surface area contributed by atoms with Crippen molar-refractivity contribution in [2.45, 2.75) is 15.6 Å². The molecule has 1 aliphatic rings. The van der Waals surface area contributed by atoms with Crippen LogP contribution in [0.1, 0.15) is 6.42 Å². The molecule has 1 atom stereocenters. The Morgan fingerprint density at radius 2 is 1.62 bits per heavy atom. The van der Waals surface area contributed by atoms with Crippen LogP contribution in [0.3, 0.4) is 0 Å². The van der Waals surface area contributed by atoms with Crippen molar-refractivity contribution in [2.24, 2.45) is 0 Å². The molecule has 0 amide bonds. The predicted molar refractivity (Wildman–Crippen MR) is 38.4 cm³/mol. The monoisotopic (exact) mass is 192 g/mol. The van der Waals surface area contributed by atoms with Gasteiger partial charge in [0.15, 0.2) is 0 Å². The van der Waals surface area contributed by atoms with E-state index in [9.17, 15) is 0 Å². The van der Waals surface area contributed by atoms with Crippen LogP contribution in [0.15, 0.2) is 0 Å². The number of alkyl halides is 4. The first kappa shape index (κ1) is 7.27. The highest BCUT2D eigenvalue weighted by molar-refractivity contribution is 6.58. The molecule has 0 aromatic heterocycles. The van der Waals surface area contributed by atoms with Crippen LogP contribution in [0, 0.1) is 0 Å². The maximum atomic E-state index is 5.72. The van der Waals surface area contributed by atoms with Gasteiger partial charge in [-0.25, -0.2) is 0 Å². The fourth-order valence-electron chi connectivity index (χ4n) is 0.453. The van der Waals surface area contributed by atoms with Crippen LogP contribution < -0.4 is 0 Å².